The molecule has 0 amide bonds. The zero-order valence-corrected chi connectivity index (χ0v) is 21.8. The third-order valence-electron chi connectivity index (χ3n) is 7.81. The molecule has 0 saturated carbocycles. The molecule has 7 aromatic carbocycles. The number of furan rings is 1. The Kier molecular flexibility index (Phi) is 5.17. The fraction of sp³-hybridized carbons (Fsp3) is 0. The van der Waals surface area contributed by atoms with Crippen molar-refractivity contribution in [2.24, 2.45) is 0 Å². The lowest BCUT2D eigenvalue weighted by Crippen LogP contribution is -2.11. The fourth-order valence-electron chi connectivity index (χ4n) is 5.98. The lowest BCUT2D eigenvalue weighted by atomic mass is 9.99. The van der Waals surface area contributed by atoms with E-state index in [2.05, 4.69) is 150 Å². The summed E-state index contributed by atoms with van der Waals surface area (Å²) in [4.78, 5) is 2.37. The molecular formula is C38H25NO. The molecule has 1 heterocycles. The van der Waals surface area contributed by atoms with Gasteiger partial charge in [-0.05, 0) is 57.4 Å². The monoisotopic (exact) mass is 511 g/mol. The van der Waals surface area contributed by atoms with E-state index in [1.54, 1.807) is 0 Å². The fourth-order valence-corrected chi connectivity index (χ4v) is 5.98. The molecule has 0 fully saturated rings. The summed E-state index contributed by atoms with van der Waals surface area (Å²) in [6, 6.07) is 53.7. The Balaban J connectivity index is 1.51. The minimum Gasteiger partial charge on any atom is -0.454 e. The van der Waals surface area contributed by atoms with Gasteiger partial charge in [0.05, 0.1) is 11.4 Å². The van der Waals surface area contributed by atoms with Crippen molar-refractivity contribution in [1.82, 2.24) is 0 Å². The molecule has 0 aliphatic rings. The summed E-state index contributed by atoms with van der Waals surface area (Å²) in [5.74, 6) is 0. The molecule has 1 aromatic heterocycles. The molecule has 0 spiro atoms. The van der Waals surface area contributed by atoms with Crippen LogP contribution < -0.4 is 4.90 Å². The summed E-state index contributed by atoms with van der Waals surface area (Å²) in [6.07, 6.45) is 0. The van der Waals surface area contributed by atoms with Gasteiger partial charge in [-0.3, -0.25) is 0 Å². The van der Waals surface area contributed by atoms with Crippen molar-refractivity contribution in [3.05, 3.63) is 152 Å². The van der Waals surface area contributed by atoms with Gasteiger partial charge in [0.15, 0.2) is 5.58 Å². The standard InChI is InChI=1S/C38H25NO/c1-2-13-27(14-3-1)31-17-8-10-20-34(31)39(30-23-22-26-12-4-5-15-28(26)24-30)35-25-29-16-6-7-18-32(29)37-33-19-9-11-21-36(33)40-38(35)37/h1-25H. The number of para-hydroxylation sites is 2. The third kappa shape index (κ3) is 3.58. The minimum atomic E-state index is 0.885. The first-order valence-electron chi connectivity index (χ1n) is 13.6. The summed E-state index contributed by atoms with van der Waals surface area (Å²) in [5, 5.41) is 7.07. The maximum absolute atomic E-state index is 6.71. The number of benzene rings is 7. The molecule has 40 heavy (non-hydrogen) atoms. The predicted octanol–water partition coefficient (Wildman–Crippen LogP) is 11.0. The van der Waals surface area contributed by atoms with Crippen LogP contribution in [0, 0.1) is 0 Å². The second kappa shape index (κ2) is 9.14. The van der Waals surface area contributed by atoms with Gasteiger partial charge in [-0.25, -0.2) is 0 Å². The Labute approximate surface area is 232 Å². The Morgan fingerprint density at radius 3 is 2.00 bits per heavy atom. The molecule has 0 bridgehead atoms. The molecule has 0 saturated heterocycles. The smallest absolute Gasteiger partial charge is 0.160 e. The molecule has 2 nitrogen and oxygen atoms in total. The van der Waals surface area contributed by atoms with E-state index in [0.29, 0.717) is 0 Å². The zero-order chi connectivity index (χ0) is 26.5. The van der Waals surface area contributed by atoms with Crippen LogP contribution in [0.5, 0.6) is 0 Å². The average molecular weight is 512 g/mol. The quantitative estimate of drug-likeness (QED) is 0.234. The first-order chi connectivity index (χ1) is 19.8. The van der Waals surface area contributed by atoms with Crippen molar-refractivity contribution in [2.45, 2.75) is 0 Å². The van der Waals surface area contributed by atoms with Crippen LogP contribution >= 0.6 is 0 Å². The van der Waals surface area contributed by atoms with Gasteiger partial charge >= 0.3 is 0 Å². The Hall–Kier alpha value is -5.34. The number of rotatable bonds is 4. The first kappa shape index (κ1) is 22.6. The highest BCUT2D eigenvalue weighted by Crippen LogP contribution is 2.47. The van der Waals surface area contributed by atoms with Crippen molar-refractivity contribution in [2.75, 3.05) is 4.90 Å². The highest BCUT2D eigenvalue weighted by molar-refractivity contribution is 6.23. The van der Waals surface area contributed by atoms with Crippen molar-refractivity contribution in [1.29, 1.82) is 0 Å². The van der Waals surface area contributed by atoms with Gasteiger partial charge in [0.25, 0.3) is 0 Å². The van der Waals surface area contributed by atoms with Crippen molar-refractivity contribution >= 4 is 60.5 Å². The highest BCUT2D eigenvalue weighted by Gasteiger charge is 2.23. The summed E-state index contributed by atoms with van der Waals surface area (Å²) in [5.41, 5.74) is 7.31. The number of hydrogen-bond acceptors (Lipinski definition) is 2. The largest absolute Gasteiger partial charge is 0.454 e. The Bertz CT molecular complexity index is 2170. The van der Waals surface area contributed by atoms with Crippen LogP contribution in [-0.4, -0.2) is 0 Å². The topological polar surface area (TPSA) is 16.4 Å². The molecule has 188 valence electrons. The summed E-state index contributed by atoms with van der Waals surface area (Å²) in [7, 11) is 0. The van der Waals surface area contributed by atoms with E-state index in [-0.39, 0.29) is 0 Å². The molecule has 0 N–H and O–H groups in total. The van der Waals surface area contributed by atoms with Gasteiger partial charge in [0, 0.05) is 22.0 Å². The van der Waals surface area contributed by atoms with E-state index < -0.39 is 0 Å². The number of fused-ring (bicyclic) bond motifs is 6. The van der Waals surface area contributed by atoms with Gasteiger partial charge in [-0.2, -0.15) is 0 Å². The van der Waals surface area contributed by atoms with E-state index in [1.165, 1.54) is 27.1 Å². The van der Waals surface area contributed by atoms with Gasteiger partial charge < -0.3 is 9.32 Å². The Morgan fingerprint density at radius 2 is 1.12 bits per heavy atom. The predicted molar refractivity (Wildman–Crippen MR) is 169 cm³/mol. The van der Waals surface area contributed by atoms with Gasteiger partial charge in [-0.15, -0.1) is 0 Å². The van der Waals surface area contributed by atoms with Crippen LogP contribution in [0.15, 0.2) is 156 Å². The molecule has 0 aliphatic carbocycles. The highest BCUT2D eigenvalue weighted by atomic mass is 16.3. The van der Waals surface area contributed by atoms with Gasteiger partial charge in [0.2, 0.25) is 0 Å². The molecule has 0 radical (unpaired) electrons. The molecular weight excluding hydrogens is 486 g/mol. The van der Waals surface area contributed by atoms with E-state index in [4.69, 9.17) is 4.42 Å². The molecule has 8 rings (SSSR count). The minimum absolute atomic E-state index is 0.885. The zero-order valence-electron chi connectivity index (χ0n) is 21.8. The molecule has 0 unspecified atom stereocenters. The SMILES string of the molecule is c1ccc(-c2ccccc2N(c2ccc3ccccc3c2)c2cc3ccccc3c3c2oc2ccccc23)cc1. The van der Waals surface area contributed by atoms with Crippen molar-refractivity contribution < 1.29 is 4.42 Å². The van der Waals surface area contributed by atoms with Crippen molar-refractivity contribution in [3.63, 3.8) is 0 Å². The molecule has 0 aliphatic heterocycles. The van der Waals surface area contributed by atoms with Crippen LogP contribution in [0.3, 0.4) is 0 Å². The van der Waals surface area contributed by atoms with E-state index in [9.17, 15) is 0 Å². The second-order valence-corrected chi connectivity index (χ2v) is 10.2. The molecule has 2 heteroatoms. The molecule has 0 atom stereocenters. The van der Waals surface area contributed by atoms with Crippen LogP contribution in [0.4, 0.5) is 17.1 Å². The Morgan fingerprint density at radius 1 is 0.450 bits per heavy atom. The first-order valence-corrected chi connectivity index (χ1v) is 13.6. The van der Waals surface area contributed by atoms with E-state index >= 15 is 0 Å². The van der Waals surface area contributed by atoms with Crippen molar-refractivity contribution in [3.8, 4) is 11.1 Å². The lowest BCUT2D eigenvalue weighted by Gasteiger charge is -2.28. The maximum atomic E-state index is 6.71. The number of hydrogen-bond donors (Lipinski definition) is 0. The average Bonchev–Trinajstić information content (AvgIpc) is 3.42. The van der Waals surface area contributed by atoms with Gasteiger partial charge in [0.1, 0.15) is 5.58 Å². The summed E-state index contributed by atoms with van der Waals surface area (Å²) in [6.45, 7) is 0. The number of anilines is 3. The van der Waals surface area contributed by atoms with Crippen LogP contribution in [0.25, 0.3) is 54.6 Å². The van der Waals surface area contributed by atoms with Crippen LogP contribution in [0.1, 0.15) is 0 Å². The van der Waals surface area contributed by atoms with E-state index in [1.807, 2.05) is 6.07 Å². The third-order valence-corrected chi connectivity index (χ3v) is 7.81. The molecule has 8 aromatic rings. The second-order valence-electron chi connectivity index (χ2n) is 10.2. The summed E-state index contributed by atoms with van der Waals surface area (Å²) < 4.78 is 6.71. The lowest BCUT2D eigenvalue weighted by molar-refractivity contribution is 0.669. The van der Waals surface area contributed by atoms with E-state index in [0.717, 1.165) is 44.6 Å². The normalized spacial score (nSPS) is 11.5. The van der Waals surface area contributed by atoms with Crippen LogP contribution in [0.2, 0.25) is 0 Å². The number of nitrogens with zero attached hydrogens (tertiary/aromatic N) is 1. The van der Waals surface area contributed by atoms with Crippen LogP contribution in [-0.2, 0) is 0 Å². The maximum Gasteiger partial charge on any atom is 0.160 e. The van der Waals surface area contributed by atoms with Gasteiger partial charge in [-0.1, -0.05) is 121 Å². The summed E-state index contributed by atoms with van der Waals surface area (Å²) >= 11 is 0.